The second-order valence-electron chi connectivity index (χ2n) is 1.99. The molecule has 0 radical (unpaired) electrons. The molecular formula is C6H8N4S. The highest BCUT2D eigenvalue weighted by molar-refractivity contribution is 7.12. The van der Waals surface area contributed by atoms with Gasteiger partial charge < -0.3 is 11.5 Å². The van der Waals surface area contributed by atoms with Crippen LogP contribution in [-0.2, 0) is 0 Å². The SMILES string of the molecule is N=C(N)c1ccsc1C(=N)N. The van der Waals surface area contributed by atoms with E-state index >= 15 is 0 Å². The summed E-state index contributed by atoms with van der Waals surface area (Å²) in [6.07, 6.45) is 0. The Morgan fingerprint density at radius 3 is 2.27 bits per heavy atom. The molecule has 0 aliphatic rings. The molecule has 1 rings (SSSR count). The third-order valence-corrected chi connectivity index (χ3v) is 2.15. The fraction of sp³-hybridized carbons (Fsp3) is 0. The third kappa shape index (κ3) is 1.38. The monoisotopic (exact) mass is 168 g/mol. The van der Waals surface area contributed by atoms with Crippen LogP contribution < -0.4 is 11.5 Å². The van der Waals surface area contributed by atoms with Crippen molar-refractivity contribution in [2.24, 2.45) is 11.5 Å². The van der Waals surface area contributed by atoms with Crippen LogP contribution in [0, 0.1) is 10.8 Å². The van der Waals surface area contributed by atoms with Gasteiger partial charge in [-0.1, -0.05) is 0 Å². The van der Waals surface area contributed by atoms with Gasteiger partial charge in [-0.2, -0.15) is 0 Å². The van der Waals surface area contributed by atoms with Crippen molar-refractivity contribution in [1.29, 1.82) is 10.8 Å². The molecule has 4 nitrogen and oxygen atoms in total. The minimum atomic E-state index is -0.0450. The fourth-order valence-electron chi connectivity index (χ4n) is 0.730. The van der Waals surface area contributed by atoms with Crippen molar-refractivity contribution in [1.82, 2.24) is 0 Å². The molecule has 0 spiro atoms. The summed E-state index contributed by atoms with van der Waals surface area (Å²) in [4.78, 5) is 0.567. The first-order valence-electron chi connectivity index (χ1n) is 2.89. The van der Waals surface area contributed by atoms with Crippen molar-refractivity contribution in [2.45, 2.75) is 0 Å². The van der Waals surface area contributed by atoms with Crippen LogP contribution in [0.1, 0.15) is 10.4 Å². The first-order valence-corrected chi connectivity index (χ1v) is 3.77. The summed E-state index contributed by atoms with van der Waals surface area (Å²) < 4.78 is 0. The highest BCUT2D eigenvalue weighted by atomic mass is 32.1. The normalized spacial score (nSPS) is 9.45. The molecule has 0 amide bonds. The first kappa shape index (κ1) is 7.74. The summed E-state index contributed by atoms with van der Waals surface area (Å²) in [6, 6.07) is 1.68. The molecule has 0 aliphatic carbocycles. The van der Waals surface area contributed by atoms with Gasteiger partial charge in [0.25, 0.3) is 0 Å². The lowest BCUT2D eigenvalue weighted by molar-refractivity contribution is 1.41. The summed E-state index contributed by atoms with van der Waals surface area (Å²) in [6.45, 7) is 0. The number of amidine groups is 2. The van der Waals surface area contributed by atoms with E-state index in [1.807, 2.05) is 0 Å². The van der Waals surface area contributed by atoms with Crippen molar-refractivity contribution in [2.75, 3.05) is 0 Å². The second-order valence-corrected chi connectivity index (χ2v) is 2.91. The topological polar surface area (TPSA) is 99.7 Å². The van der Waals surface area contributed by atoms with Gasteiger partial charge in [-0.05, 0) is 11.4 Å². The average molecular weight is 168 g/mol. The minimum absolute atomic E-state index is 0.0369. The third-order valence-electron chi connectivity index (χ3n) is 1.20. The molecule has 0 unspecified atom stereocenters. The number of nitrogens with one attached hydrogen (secondary N) is 2. The standard InChI is InChI=1S/C6H8N4S/c7-5(8)3-1-2-11-4(3)6(9)10/h1-2H,(H3,7,8)(H3,9,10). The Morgan fingerprint density at radius 2 is 1.91 bits per heavy atom. The quantitative estimate of drug-likeness (QED) is 0.377. The number of hydrogen-bond donors (Lipinski definition) is 4. The van der Waals surface area contributed by atoms with Crippen molar-refractivity contribution in [3.05, 3.63) is 21.9 Å². The van der Waals surface area contributed by atoms with Crippen molar-refractivity contribution < 1.29 is 0 Å². The zero-order chi connectivity index (χ0) is 8.43. The number of hydrogen-bond acceptors (Lipinski definition) is 3. The van der Waals surface area contributed by atoms with E-state index in [0.29, 0.717) is 10.4 Å². The van der Waals surface area contributed by atoms with E-state index in [1.165, 1.54) is 11.3 Å². The van der Waals surface area contributed by atoms with Gasteiger partial charge in [0.1, 0.15) is 11.7 Å². The predicted molar refractivity (Wildman–Crippen MR) is 46.4 cm³/mol. The van der Waals surface area contributed by atoms with Gasteiger partial charge in [0.15, 0.2) is 0 Å². The summed E-state index contributed by atoms with van der Waals surface area (Å²) in [7, 11) is 0. The highest BCUT2D eigenvalue weighted by Gasteiger charge is 2.08. The van der Waals surface area contributed by atoms with E-state index in [0.717, 1.165) is 0 Å². The molecule has 0 atom stereocenters. The highest BCUT2D eigenvalue weighted by Crippen LogP contribution is 2.14. The van der Waals surface area contributed by atoms with Gasteiger partial charge in [-0.3, -0.25) is 10.8 Å². The van der Waals surface area contributed by atoms with Gasteiger partial charge in [0.2, 0.25) is 0 Å². The molecule has 5 heteroatoms. The van der Waals surface area contributed by atoms with Gasteiger partial charge in [0, 0.05) is 5.56 Å². The Morgan fingerprint density at radius 1 is 1.27 bits per heavy atom. The summed E-state index contributed by atoms with van der Waals surface area (Å²) >= 11 is 1.32. The van der Waals surface area contributed by atoms with Gasteiger partial charge in [-0.15, -0.1) is 11.3 Å². The molecule has 0 bridgehead atoms. The Hall–Kier alpha value is -1.36. The fourth-order valence-corrected chi connectivity index (χ4v) is 1.50. The maximum atomic E-state index is 7.12. The largest absolute Gasteiger partial charge is 0.384 e. The van der Waals surface area contributed by atoms with Crippen LogP contribution in [0.2, 0.25) is 0 Å². The minimum Gasteiger partial charge on any atom is -0.384 e. The van der Waals surface area contributed by atoms with Crippen LogP contribution in [0.15, 0.2) is 11.4 Å². The molecule has 1 aromatic rings. The van der Waals surface area contributed by atoms with Crippen LogP contribution in [0.3, 0.4) is 0 Å². The van der Waals surface area contributed by atoms with Gasteiger partial charge in [-0.25, -0.2) is 0 Å². The zero-order valence-corrected chi connectivity index (χ0v) is 6.53. The lowest BCUT2D eigenvalue weighted by Crippen LogP contribution is -2.17. The average Bonchev–Trinajstić information content (AvgIpc) is 2.32. The van der Waals surface area contributed by atoms with Crippen molar-refractivity contribution in [3.8, 4) is 0 Å². The predicted octanol–water partition coefficient (Wildman–Crippen LogP) is 0.316. The molecule has 58 valence electrons. The van der Waals surface area contributed by atoms with Crippen LogP contribution >= 0.6 is 11.3 Å². The lowest BCUT2D eigenvalue weighted by atomic mass is 10.2. The number of thiophene rings is 1. The molecular weight excluding hydrogens is 160 g/mol. The van der Waals surface area contributed by atoms with Crippen LogP contribution in [-0.4, -0.2) is 11.7 Å². The Balaban J connectivity index is 3.16. The van der Waals surface area contributed by atoms with Gasteiger partial charge in [0.05, 0.1) is 4.88 Å². The van der Waals surface area contributed by atoms with Gasteiger partial charge >= 0.3 is 0 Å². The van der Waals surface area contributed by atoms with E-state index in [4.69, 9.17) is 22.3 Å². The molecule has 0 saturated heterocycles. The first-order chi connectivity index (χ1) is 5.13. The molecule has 6 N–H and O–H groups in total. The summed E-state index contributed by atoms with van der Waals surface area (Å²) in [5.41, 5.74) is 11.0. The molecule has 1 heterocycles. The maximum absolute atomic E-state index is 7.12. The molecule has 0 saturated carbocycles. The Kier molecular flexibility index (Phi) is 1.91. The summed E-state index contributed by atoms with van der Waals surface area (Å²) in [5.74, 6) is -0.0818. The van der Waals surface area contributed by atoms with Crippen LogP contribution in [0.25, 0.3) is 0 Å². The Labute approximate surface area is 67.9 Å². The van der Waals surface area contributed by atoms with Crippen molar-refractivity contribution in [3.63, 3.8) is 0 Å². The zero-order valence-electron chi connectivity index (χ0n) is 5.72. The number of nitrogens with two attached hydrogens (primary N) is 2. The lowest BCUT2D eigenvalue weighted by Gasteiger charge is -1.97. The maximum Gasteiger partial charge on any atom is 0.133 e. The van der Waals surface area contributed by atoms with E-state index in [9.17, 15) is 0 Å². The van der Waals surface area contributed by atoms with Crippen LogP contribution in [0.4, 0.5) is 0 Å². The molecule has 0 aliphatic heterocycles. The summed E-state index contributed by atoms with van der Waals surface area (Å²) in [5, 5.41) is 16.0. The van der Waals surface area contributed by atoms with E-state index in [1.54, 1.807) is 11.4 Å². The molecule has 1 aromatic heterocycles. The molecule has 0 fully saturated rings. The number of rotatable bonds is 2. The van der Waals surface area contributed by atoms with E-state index < -0.39 is 0 Å². The smallest absolute Gasteiger partial charge is 0.133 e. The van der Waals surface area contributed by atoms with Crippen molar-refractivity contribution >= 4 is 23.0 Å². The van der Waals surface area contributed by atoms with E-state index in [-0.39, 0.29) is 11.7 Å². The number of nitrogen functional groups attached to an aromatic ring is 2. The van der Waals surface area contributed by atoms with E-state index in [2.05, 4.69) is 0 Å². The van der Waals surface area contributed by atoms with Crippen LogP contribution in [0.5, 0.6) is 0 Å². The molecule has 0 aromatic carbocycles. The molecule has 11 heavy (non-hydrogen) atoms. The Bertz CT molecular complexity index is 273. The second kappa shape index (κ2) is 2.71.